The number of hydrogen-bond acceptors (Lipinski definition) is 3. The number of amidine groups is 1. The Labute approximate surface area is 59.0 Å². The van der Waals surface area contributed by atoms with E-state index in [1.54, 1.807) is 4.90 Å². The highest BCUT2D eigenvalue weighted by atomic mass is 16.3. The van der Waals surface area contributed by atoms with Gasteiger partial charge in [-0.3, -0.25) is 4.99 Å². The van der Waals surface area contributed by atoms with E-state index in [0.29, 0.717) is 6.54 Å². The number of aliphatic imine (C=N–C) groups is 1. The normalized spacial score (nSPS) is 28.7. The Morgan fingerprint density at radius 1 is 1.60 bits per heavy atom. The summed E-state index contributed by atoms with van der Waals surface area (Å²) in [5.74, 6) is 0.856. The average Bonchev–Trinajstić information content (AvgIpc) is 2.34. The van der Waals surface area contributed by atoms with Crippen LogP contribution in [0.1, 0.15) is 0 Å². The molecular formula is C7H8N2O. The molecule has 3 heteroatoms. The summed E-state index contributed by atoms with van der Waals surface area (Å²) in [5, 5.41) is 9.25. The molecule has 0 aromatic heterocycles. The molecule has 2 aliphatic heterocycles. The van der Waals surface area contributed by atoms with E-state index in [2.05, 4.69) is 4.99 Å². The van der Waals surface area contributed by atoms with Crippen LogP contribution in [0.25, 0.3) is 0 Å². The molecule has 0 amide bonds. The monoisotopic (exact) mass is 136 g/mol. The van der Waals surface area contributed by atoms with Gasteiger partial charge < -0.3 is 10.0 Å². The molecule has 0 aromatic rings. The van der Waals surface area contributed by atoms with E-state index in [1.807, 2.05) is 24.4 Å². The first-order valence-electron chi connectivity index (χ1n) is 3.23. The Morgan fingerprint density at radius 3 is 3.30 bits per heavy atom. The first-order chi connectivity index (χ1) is 4.88. The Morgan fingerprint density at radius 2 is 2.50 bits per heavy atom. The van der Waals surface area contributed by atoms with Gasteiger partial charge in [-0.15, -0.1) is 0 Å². The fourth-order valence-electron chi connectivity index (χ4n) is 1.10. The highest BCUT2D eigenvalue weighted by Gasteiger charge is 2.22. The highest BCUT2D eigenvalue weighted by molar-refractivity contribution is 5.96. The number of nitrogens with zero attached hydrogens (tertiary/aromatic N) is 2. The van der Waals surface area contributed by atoms with Crippen molar-refractivity contribution in [2.45, 2.75) is 6.23 Å². The zero-order chi connectivity index (χ0) is 6.97. The Bertz CT molecular complexity index is 230. The van der Waals surface area contributed by atoms with Gasteiger partial charge in [0.15, 0.2) is 6.23 Å². The second-order valence-electron chi connectivity index (χ2n) is 2.29. The number of aliphatic hydroxyl groups excluding tert-OH is 1. The topological polar surface area (TPSA) is 35.8 Å². The van der Waals surface area contributed by atoms with Crippen molar-refractivity contribution in [1.29, 1.82) is 0 Å². The van der Waals surface area contributed by atoms with Gasteiger partial charge in [-0.2, -0.15) is 0 Å². The van der Waals surface area contributed by atoms with E-state index in [9.17, 15) is 5.11 Å². The maximum Gasteiger partial charge on any atom is 0.151 e. The molecule has 1 N–H and O–H groups in total. The lowest BCUT2D eigenvalue weighted by atomic mass is 10.3. The second kappa shape index (κ2) is 1.95. The smallest absolute Gasteiger partial charge is 0.151 e. The van der Waals surface area contributed by atoms with Crippen LogP contribution in [0.4, 0.5) is 0 Å². The minimum atomic E-state index is -0.448. The predicted octanol–water partition coefficient (Wildman–Crippen LogP) is 0.102. The van der Waals surface area contributed by atoms with Crippen molar-refractivity contribution in [3.63, 3.8) is 0 Å². The lowest BCUT2D eigenvalue weighted by molar-refractivity contribution is 0.104. The molecule has 10 heavy (non-hydrogen) atoms. The fourth-order valence-corrected chi connectivity index (χ4v) is 1.10. The summed E-state index contributed by atoms with van der Waals surface area (Å²) < 4.78 is 0. The van der Waals surface area contributed by atoms with Gasteiger partial charge in [0, 0.05) is 6.20 Å². The fraction of sp³-hybridized carbons (Fsp3) is 0.286. The molecule has 0 fully saturated rings. The summed E-state index contributed by atoms with van der Waals surface area (Å²) in [7, 11) is 0. The van der Waals surface area contributed by atoms with Gasteiger partial charge in [-0.05, 0) is 12.2 Å². The molecule has 3 nitrogen and oxygen atoms in total. The van der Waals surface area contributed by atoms with Crippen molar-refractivity contribution in [2.24, 2.45) is 4.99 Å². The van der Waals surface area contributed by atoms with Crippen LogP contribution in [0.3, 0.4) is 0 Å². The number of aliphatic hydroxyl groups is 1. The number of fused-ring (bicyclic) bond motifs is 1. The van der Waals surface area contributed by atoms with Crippen molar-refractivity contribution in [2.75, 3.05) is 6.54 Å². The molecule has 0 saturated carbocycles. The average molecular weight is 136 g/mol. The molecule has 0 aromatic carbocycles. The molecule has 1 unspecified atom stereocenters. The Hall–Kier alpha value is -1.09. The van der Waals surface area contributed by atoms with Crippen LogP contribution >= 0.6 is 0 Å². The second-order valence-corrected chi connectivity index (χ2v) is 2.29. The van der Waals surface area contributed by atoms with E-state index in [-0.39, 0.29) is 0 Å². The lowest BCUT2D eigenvalue weighted by Gasteiger charge is -2.19. The third-order valence-corrected chi connectivity index (χ3v) is 1.61. The number of allylic oxidation sites excluding steroid dienone is 2. The minimum absolute atomic E-state index is 0.448. The van der Waals surface area contributed by atoms with Gasteiger partial charge in [0.1, 0.15) is 5.84 Å². The van der Waals surface area contributed by atoms with Crippen molar-refractivity contribution in [3.05, 3.63) is 24.4 Å². The molecule has 0 spiro atoms. The highest BCUT2D eigenvalue weighted by Crippen LogP contribution is 2.12. The number of hydrogen-bond donors (Lipinski definition) is 1. The molecule has 2 rings (SSSR count). The lowest BCUT2D eigenvalue weighted by Crippen LogP contribution is -2.31. The van der Waals surface area contributed by atoms with Crippen LogP contribution in [-0.4, -0.2) is 28.6 Å². The molecule has 52 valence electrons. The van der Waals surface area contributed by atoms with Crippen LogP contribution in [0.15, 0.2) is 29.4 Å². The van der Waals surface area contributed by atoms with Gasteiger partial charge in [-0.25, -0.2) is 0 Å². The van der Waals surface area contributed by atoms with Crippen LogP contribution in [0.2, 0.25) is 0 Å². The minimum Gasteiger partial charge on any atom is -0.371 e. The summed E-state index contributed by atoms with van der Waals surface area (Å²) in [6.45, 7) is 0.490. The summed E-state index contributed by atoms with van der Waals surface area (Å²) in [5.41, 5.74) is 0. The molecule has 0 aliphatic carbocycles. The summed E-state index contributed by atoms with van der Waals surface area (Å²) in [6.07, 6.45) is 7.06. The van der Waals surface area contributed by atoms with Gasteiger partial charge in [0.25, 0.3) is 0 Å². The van der Waals surface area contributed by atoms with Gasteiger partial charge in [0.2, 0.25) is 0 Å². The Balaban J connectivity index is 2.30. The maximum atomic E-state index is 9.25. The largest absolute Gasteiger partial charge is 0.371 e. The van der Waals surface area contributed by atoms with Gasteiger partial charge in [0.05, 0.1) is 6.54 Å². The first kappa shape index (κ1) is 5.68. The van der Waals surface area contributed by atoms with E-state index in [1.165, 1.54) is 0 Å². The molecule has 0 radical (unpaired) electrons. The molecule has 2 aliphatic rings. The van der Waals surface area contributed by atoms with Crippen molar-refractivity contribution < 1.29 is 5.11 Å². The summed E-state index contributed by atoms with van der Waals surface area (Å²) >= 11 is 0. The van der Waals surface area contributed by atoms with E-state index >= 15 is 0 Å². The van der Waals surface area contributed by atoms with Gasteiger partial charge >= 0.3 is 0 Å². The predicted molar refractivity (Wildman–Crippen MR) is 38.4 cm³/mol. The Kier molecular flexibility index (Phi) is 1.11. The van der Waals surface area contributed by atoms with Crippen LogP contribution < -0.4 is 0 Å². The zero-order valence-electron chi connectivity index (χ0n) is 5.44. The van der Waals surface area contributed by atoms with Crippen molar-refractivity contribution in [3.8, 4) is 0 Å². The summed E-state index contributed by atoms with van der Waals surface area (Å²) in [4.78, 5) is 5.84. The maximum absolute atomic E-state index is 9.25. The van der Waals surface area contributed by atoms with E-state index < -0.39 is 6.23 Å². The van der Waals surface area contributed by atoms with Crippen molar-refractivity contribution >= 4 is 5.84 Å². The molecule has 1 atom stereocenters. The quantitative estimate of drug-likeness (QED) is 0.512. The van der Waals surface area contributed by atoms with Gasteiger partial charge in [-0.1, -0.05) is 6.08 Å². The molecular weight excluding hydrogens is 128 g/mol. The van der Waals surface area contributed by atoms with Crippen LogP contribution in [0.5, 0.6) is 0 Å². The number of rotatable bonds is 0. The third kappa shape index (κ3) is 0.675. The summed E-state index contributed by atoms with van der Waals surface area (Å²) in [6, 6.07) is 0. The standard InChI is InChI=1S/C7H8N2O/c10-7-5-8-6-3-1-2-4-9(6)7/h1-4,7,10H,5H2. The first-order valence-corrected chi connectivity index (χ1v) is 3.23. The molecule has 2 heterocycles. The van der Waals surface area contributed by atoms with E-state index in [4.69, 9.17) is 0 Å². The zero-order valence-corrected chi connectivity index (χ0v) is 5.44. The molecule has 0 bridgehead atoms. The van der Waals surface area contributed by atoms with Crippen LogP contribution in [-0.2, 0) is 0 Å². The van der Waals surface area contributed by atoms with Crippen molar-refractivity contribution in [1.82, 2.24) is 4.90 Å². The SMILES string of the molecule is OC1CN=C2C=CC=CN21. The van der Waals surface area contributed by atoms with E-state index in [0.717, 1.165) is 5.84 Å². The molecule has 0 saturated heterocycles. The van der Waals surface area contributed by atoms with Crippen LogP contribution in [0, 0.1) is 0 Å². The third-order valence-electron chi connectivity index (χ3n) is 1.61.